The Morgan fingerprint density at radius 1 is 0.765 bits per heavy atom. The SMILES string of the molecule is CCCCCCCCCC(N)(CCO)CCO. The van der Waals surface area contributed by atoms with Crippen molar-refractivity contribution in [2.24, 2.45) is 5.73 Å². The van der Waals surface area contributed by atoms with Crippen LogP contribution in [0.3, 0.4) is 0 Å². The Morgan fingerprint density at radius 2 is 1.24 bits per heavy atom. The van der Waals surface area contributed by atoms with E-state index in [1.807, 2.05) is 0 Å². The molecule has 3 heteroatoms. The highest BCUT2D eigenvalue weighted by Crippen LogP contribution is 2.20. The maximum Gasteiger partial charge on any atom is 0.0448 e. The van der Waals surface area contributed by atoms with Crippen molar-refractivity contribution in [2.75, 3.05) is 13.2 Å². The van der Waals surface area contributed by atoms with Gasteiger partial charge in [0.2, 0.25) is 0 Å². The monoisotopic (exact) mass is 245 g/mol. The van der Waals surface area contributed by atoms with E-state index in [2.05, 4.69) is 6.92 Å². The van der Waals surface area contributed by atoms with Gasteiger partial charge < -0.3 is 15.9 Å². The lowest BCUT2D eigenvalue weighted by Crippen LogP contribution is -2.41. The summed E-state index contributed by atoms with van der Waals surface area (Å²) >= 11 is 0. The Kier molecular flexibility index (Phi) is 10.9. The molecule has 0 bridgehead atoms. The molecule has 0 atom stereocenters. The predicted octanol–water partition coefficient (Wildman–Crippen LogP) is 2.59. The van der Waals surface area contributed by atoms with E-state index in [4.69, 9.17) is 15.9 Å². The quantitative estimate of drug-likeness (QED) is 0.463. The van der Waals surface area contributed by atoms with Gasteiger partial charge in [-0.2, -0.15) is 0 Å². The second-order valence-corrected chi connectivity index (χ2v) is 5.18. The van der Waals surface area contributed by atoms with E-state index in [0.717, 1.165) is 12.8 Å². The van der Waals surface area contributed by atoms with E-state index in [1.54, 1.807) is 0 Å². The summed E-state index contributed by atoms with van der Waals surface area (Å²) in [6, 6.07) is 0. The van der Waals surface area contributed by atoms with Crippen LogP contribution in [0.2, 0.25) is 0 Å². The maximum atomic E-state index is 8.97. The van der Waals surface area contributed by atoms with Gasteiger partial charge in [0.1, 0.15) is 0 Å². The van der Waals surface area contributed by atoms with E-state index in [-0.39, 0.29) is 18.8 Å². The Balaban J connectivity index is 3.54. The van der Waals surface area contributed by atoms with Crippen molar-refractivity contribution in [3.63, 3.8) is 0 Å². The van der Waals surface area contributed by atoms with Gasteiger partial charge in [0.15, 0.2) is 0 Å². The zero-order chi connectivity index (χ0) is 13.0. The first-order valence-electron chi connectivity index (χ1n) is 7.19. The molecule has 0 heterocycles. The van der Waals surface area contributed by atoms with Crippen molar-refractivity contribution >= 4 is 0 Å². The van der Waals surface area contributed by atoms with Crippen molar-refractivity contribution in [3.05, 3.63) is 0 Å². The molecule has 0 rings (SSSR count). The van der Waals surface area contributed by atoms with Crippen LogP contribution >= 0.6 is 0 Å². The lowest BCUT2D eigenvalue weighted by atomic mass is 9.87. The van der Waals surface area contributed by atoms with E-state index >= 15 is 0 Å². The fourth-order valence-electron chi connectivity index (χ4n) is 2.25. The highest BCUT2D eigenvalue weighted by molar-refractivity contribution is 4.83. The molecule has 0 aliphatic carbocycles. The van der Waals surface area contributed by atoms with Gasteiger partial charge in [0.05, 0.1) is 0 Å². The molecule has 0 aromatic carbocycles. The van der Waals surface area contributed by atoms with Crippen LogP contribution in [0.25, 0.3) is 0 Å². The molecule has 0 fully saturated rings. The largest absolute Gasteiger partial charge is 0.396 e. The highest BCUT2D eigenvalue weighted by atomic mass is 16.3. The molecule has 3 nitrogen and oxygen atoms in total. The third kappa shape index (κ3) is 9.57. The first kappa shape index (κ1) is 16.9. The van der Waals surface area contributed by atoms with Crippen LogP contribution in [0, 0.1) is 0 Å². The summed E-state index contributed by atoms with van der Waals surface area (Å²) < 4.78 is 0. The summed E-state index contributed by atoms with van der Waals surface area (Å²) in [5.41, 5.74) is 5.81. The summed E-state index contributed by atoms with van der Waals surface area (Å²) in [5.74, 6) is 0. The molecule has 0 spiro atoms. The number of unbranched alkanes of at least 4 members (excludes halogenated alkanes) is 6. The molecule has 0 aromatic heterocycles. The first-order valence-corrected chi connectivity index (χ1v) is 7.19. The van der Waals surface area contributed by atoms with Crippen molar-refractivity contribution < 1.29 is 10.2 Å². The second kappa shape index (κ2) is 11.0. The summed E-state index contributed by atoms with van der Waals surface area (Å²) in [6.45, 7) is 2.46. The van der Waals surface area contributed by atoms with E-state index in [1.165, 1.54) is 38.5 Å². The molecule has 0 saturated carbocycles. The van der Waals surface area contributed by atoms with Gasteiger partial charge in [-0.3, -0.25) is 0 Å². The summed E-state index contributed by atoms with van der Waals surface area (Å²) in [5, 5.41) is 17.9. The van der Waals surface area contributed by atoms with Gasteiger partial charge in [0, 0.05) is 18.8 Å². The smallest absolute Gasteiger partial charge is 0.0448 e. The Hall–Kier alpha value is -0.120. The average Bonchev–Trinajstić information content (AvgIpc) is 2.28. The third-order valence-corrected chi connectivity index (χ3v) is 3.50. The van der Waals surface area contributed by atoms with Gasteiger partial charge in [-0.15, -0.1) is 0 Å². The Bertz CT molecular complexity index is 156. The number of hydrogen-bond donors (Lipinski definition) is 3. The molecule has 0 aromatic rings. The lowest BCUT2D eigenvalue weighted by Gasteiger charge is -2.28. The van der Waals surface area contributed by atoms with Crippen LogP contribution in [0.5, 0.6) is 0 Å². The van der Waals surface area contributed by atoms with Crippen LogP contribution < -0.4 is 5.73 Å². The third-order valence-electron chi connectivity index (χ3n) is 3.50. The Labute approximate surface area is 106 Å². The lowest BCUT2D eigenvalue weighted by molar-refractivity contribution is 0.183. The maximum absolute atomic E-state index is 8.97. The molecule has 0 radical (unpaired) electrons. The number of hydrogen-bond acceptors (Lipinski definition) is 3. The second-order valence-electron chi connectivity index (χ2n) is 5.18. The van der Waals surface area contributed by atoms with E-state index < -0.39 is 0 Å². The number of rotatable bonds is 12. The van der Waals surface area contributed by atoms with Crippen molar-refractivity contribution in [1.82, 2.24) is 0 Å². The minimum atomic E-state index is -0.354. The fraction of sp³-hybridized carbons (Fsp3) is 1.00. The van der Waals surface area contributed by atoms with Crippen molar-refractivity contribution in [2.45, 2.75) is 76.7 Å². The molecule has 0 unspecified atom stereocenters. The topological polar surface area (TPSA) is 66.5 Å². The van der Waals surface area contributed by atoms with Gasteiger partial charge in [-0.25, -0.2) is 0 Å². The molecule has 4 N–H and O–H groups in total. The van der Waals surface area contributed by atoms with Crippen molar-refractivity contribution in [1.29, 1.82) is 0 Å². The van der Waals surface area contributed by atoms with Crippen LogP contribution in [-0.4, -0.2) is 29.0 Å². The zero-order valence-electron chi connectivity index (χ0n) is 11.5. The van der Waals surface area contributed by atoms with Gasteiger partial charge in [-0.1, -0.05) is 51.9 Å². The molecular weight excluding hydrogens is 214 g/mol. The molecule has 17 heavy (non-hydrogen) atoms. The van der Waals surface area contributed by atoms with Crippen LogP contribution in [0.4, 0.5) is 0 Å². The first-order chi connectivity index (χ1) is 8.18. The standard InChI is InChI=1S/C14H31NO2/c1-2-3-4-5-6-7-8-9-14(15,10-12-16)11-13-17/h16-17H,2-13,15H2,1H3. The number of aliphatic hydroxyl groups is 2. The normalized spacial score (nSPS) is 12.0. The molecule has 104 valence electrons. The molecule has 0 aliphatic rings. The van der Waals surface area contributed by atoms with Gasteiger partial charge in [-0.05, 0) is 19.3 Å². The number of aliphatic hydroxyl groups excluding tert-OH is 2. The van der Waals surface area contributed by atoms with Gasteiger partial charge in [0.25, 0.3) is 0 Å². The molecule has 0 aliphatic heterocycles. The highest BCUT2D eigenvalue weighted by Gasteiger charge is 2.22. The van der Waals surface area contributed by atoms with Crippen LogP contribution in [0.15, 0.2) is 0 Å². The fourth-order valence-corrected chi connectivity index (χ4v) is 2.25. The minimum Gasteiger partial charge on any atom is -0.396 e. The van der Waals surface area contributed by atoms with E-state index in [9.17, 15) is 0 Å². The minimum absolute atomic E-state index is 0.118. The summed E-state index contributed by atoms with van der Waals surface area (Å²) in [7, 11) is 0. The van der Waals surface area contributed by atoms with Gasteiger partial charge >= 0.3 is 0 Å². The number of nitrogens with two attached hydrogens (primary N) is 1. The van der Waals surface area contributed by atoms with Crippen molar-refractivity contribution in [3.8, 4) is 0 Å². The molecule has 0 amide bonds. The van der Waals surface area contributed by atoms with Crippen LogP contribution in [-0.2, 0) is 0 Å². The van der Waals surface area contributed by atoms with Crippen LogP contribution in [0.1, 0.15) is 71.1 Å². The van der Waals surface area contributed by atoms with E-state index in [0.29, 0.717) is 12.8 Å². The summed E-state index contributed by atoms with van der Waals surface area (Å²) in [4.78, 5) is 0. The average molecular weight is 245 g/mol. The Morgan fingerprint density at radius 3 is 1.71 bits per heavy atom. The zero-order valence-corrected chi connectivity index (χ0v) is 11.5. The summed E-state index contributed by atoms with van der Waals surface area (Å²) in [6.07, 6.45) is 11.0. The molecule has 0 saturated heterocycles. The predicted molar refractivity (Wildman–Crippen MR) is 72.9 cm³/mol. The molecular formula is C14H31NO2.